The van der Waals surface area contributed by atoms with E-state index in [9.17, 15) is 32.3 Å². The molecule has 3 aliphatic heterocycles. The maximum atomic E-state index is 15.7. The van der Waals surface area contributed by atoms with Crippen LogP contribution in [0.1, 0.15) is 208 Å². The van der Waals surface area contributed by atoms with Crippen molar-refractivity contribution in [3.63, 3.8) is 0 Å². The highest BCUT2D eigenvalue weighted by molar-refractivity contribution is 6.01. The van der Waals surface area contributed by atoms with E-state index in [0.717, 1.165) is 55.2 Å². The Labute approximate surface area is 652 Å². The van der Waals surface area contributed by atoms with Gasteiger partial charge in [-0.1, -0.05) is 70.9 Å². The van der Waals surface area contributed by atoms with Crippen molar-refractivity contribution < 1.29 is 89.0 Å². The van der Waals surface area contributed by atoms with Gasteiger partial charge in [-0.2, -0.15) is 13.2 Å². The van der Waals surface area contributed by atoms with Gasteiger partial charge in [0, 0.05) is 95.0 Å². The summed E-state index contributed by atoms with van der Waals surface area (Å²) in [7, 11) is 11.3. The molecule has 3 unspecified atom stereocenters. The van der Waals surface area contributed by atoms with Crippen LogP contribution < -0.4 is 16.0 Å². The van der Waals surface area contributed by atoms with Crippen LogP contribution in [0.25, 0.3) is 0 Å². The number of ether oxygens (including phenoxy) is 2. The van der Waals surface area contributed by atoms with Crippen LogP contribution in [-0.4, -0.2) is 289 Å². The first-order valence-corrected chi connectivity index (χ1v) is 41.0. The fourth-order valence-electron chi connectivity index (χ4n) is 18.6. The Morgan fingerprint density at radius 3 is 1.86 bits per heavy atom. The second kappa shape index (κ2) is 39.3. The summed E-state index contributed by atoms with van der Waals surface area (Å²) in [6.45, 7) is 6.70. The molecule has 13 atom stereocenters. The van der Waals surface area contributed by atoms with Crippen LogP contribution in [0.2, 0.25) is 0 Å². The molecule has 12 amide bonds. The number of likely N-dealkylation sites (N-methyl/N-ethyl adjacent to an activating group) is 7. The lowest BCUT2D eigenvalue weighted by atomic mass is 9.74. The highest BCUT2D eigenvalue weighted by Crippen LogP contribution is 2.45. The predicted molar refractivity (Wildman–Crippen MR) is 403 cm³/mol. The molecule has 0 aromatic rings. The Kier molecular flexibility index (Phi) is 31.7. The van der Waals surface area contributed by atoms with Gasteiger partial charge in [0.2, 0.25) is 70.9 Å². The smallest absolute Gasteiger partial charge is 0.381 e. The summed E-state index contributed by atoms with van der Waals surface area (Å²) in [5.41, 5.74) is -1.60. The molecule has 0 radical (unpaired) electrons. The number of nitrogens with one attached hydrogen (secondary N) is 3. The van der Waals surface area contributed by atoms with Gasteiger partial charge in [0.15, 0.2) is 0 Å². The Morgan fingerprint density at radius 1 is 0.640 bits per heavy atom. The van der Waals surface area contributed by atoms with Crippen molar-refractivity contribution in [3.05, 3.63) is 12.2 Å². The highest BCUT2D eigenvalue weighted by Gasteiger charge is 2.55. The monoisotopic (exact) mass is 1570 g/mol. The third-order valence-electron chi connectivity index (χ3n) is 26.2. The molecular weight excluding hydrogens is 1450 g/mol. The number of fused-ring (bicyclic) bond motifs is 3. The molecule has 111 heavy (non-hydrogen) atoms. The second-order valence-corrected chi connectivity index (χ2v) is 33.6. The molecule has 31 heteroatoms. The molecule has 0 aromatic heterocycles. The van der Waals surface area contributed by atoms with Crippen molar-refractivity contribution in [2.75, 3.05) is 95.8 Å². The Hall–Kier alpha value is -7.05. The molecular formula is C80H127F5N12O14. The van der Waals surface area contributed by atoms with E-state index in [-0.39, 0.29) is 134 Å². The first kappa shape index (κ1) is 89.5. The van der Waals surface area contributed by atoms with Crippen LogP contribution >= 0.6 is 0 Å². The first-order chi connectivity index (χ1) is 52.4. The number of hydrogen-bond acceptors (Lipinski definition) is 14. The summed E-state index contributed by atoms with van der Waals surface area (Å²) in [5.74, 6) is -15.8. The molecule has 0 aromatic carbocycles. The molecule has 626 valence electrons. The average Bonchev–Trinajstić information content (AvgIpc) is 1.72. The fourth-order valence-corrected chi connectivity index (χ4v) is 18.6. The van der Waals surface area contributed by atoms with Crippen LogP contribution in [0.4, 0.5) is 22.0 Å². The Balaban J connectivity index is 1.21. The minimum absolute atomic E-state index is 0.00650. The molecule has 2 bridgehead atoms. The van der Waals surface area contributed by atoms with Gasteiger partial charge in [-0.05, 0) is 166 Å². The van der Waals surface area contributed by atoms with Crippen LogP contribution in [-0.2, 0) is 67.0 Å². The lowest BCUT2D eigenvalue weighted by molar-refractivity contribution is -0.184. The normalized spacial score (nSPS) is 31.6. The van der Waals surface area contributed by atoms with Gasteiger partial charge in [0.25, 0.3) is 5.92 Å². The summed E-state index contributed by atoms with van der Waals surface area (Å²) in [6.07, 6.45) is 4.37. The van der Waals surface area contributed by atoms with Crippen LogP contribution in [0, 0.1) is 41.4 Å². The van der Waals surface area contributed by atoms with E-state index in [2.05, 4.69) is 16.0 Å². The quantitative estimate of drug-likeness (QED) is 0.103. The lowest BCUT2D eigenvalue weighted by Crippen LogP contribution is -2.68. The average molecular weight is 1580 g/mol. The standard InChI is InChI=1S/C80H127F5N12O14/c1-14-49(4)67-75(107)91(8)48-66(100)92(9)58-29-18-17-23-40-96(74(58)106)62(42-51-30-34-54(35-31-51)80(83,84)85)73(105)90(7)47-64(98)86-57(37-33-52-32-36-56(78(5,81)82)63(43-52)110-13)71(103)97-46-55(111-16-3)44-60(97)70(102)88-79(38-24-39-79)77(109)95(12)68(53-27-21-22-28-53)76(108)94(11)61(72(104)89(6)15-2)45-65(99)93(10)59(69(101)87-67)41-50-25-19-20-26-50/h17-18,49-63,67-68H,14-16,19-48H2,1-13H3,(H,86,98)(H,87,101)(H,88,102)/b18-17-/t49-,51?,52?,54?,55+,56?,57-,58-,59-,60-,61-,62-,63?,67-,68-/m0/s1. The Morgan fingerprint density at radius 2 is 1.26 bits per heavy atom. The van der Waals surface area contributed by atoms with Gasteiger partial charge in [-0.25, -0.2) is 8.78 Å². The maximum absolute atomic E-state index is 15.7. The van der Waals surface area contributed by atoms with Crippen molar-refractivity contribution in [2.24, 2.45) is 41.4 Å². The third kappa shape index (κ3) is 21.9. The summed E-state index contributed by atoms with van der Waals surface area (Å²) >= 11 is 0. The van der Waals surface area contributed by atoms with Gasteiger partial charge in [0.05, 0.1) is 37.6 Å². The number of carbonyl (C=O) groups excluding carboxylic acids is 12. The molecule has 8 rings (SSSR count). The second-order valence-electron chi connectivity index (χ2n) is 33.6. The number of alkyl halides is 5. The van der Waals surface area contributed by atoms with E-state index >= 15 is 47.1 Å². The number of halogens is 5. The molecule has 26 nitrogen and oxygen atoms in total. The van der Waals surface area contributed by atoms with Crippen LogP contribution in [0.5, 0.6) is 0 Å². The summed E-state index contributed by atoms with van der Waals surface area (Å²) in [6, 6.07) is -10.6. The van der Waals surface area contributed by atoms with Gasteiger partial charge in [-0.15, -0.1) is 0 Å². The van der Waals surface area contributed by atoms with E-state index in [1.165, 1.54) is 90.7 Å². The third-order valence-corrected chi connectivity index (χ3v) is 26.2. The molecule has 3 N–H and O–H groups in total. The van der Waals surface area contributed by atoms with E-state index < -0.39 is 198 Å². The molecule has 7 fully saturated rings. The molecule has 2 saturated heterocycles. The van der Waals surface area contributed by atoms with E-state index in [0.29, 0.717) is 32.1 Å². The van der Waals surface area contributed by atoms with Crippen molar-refractivity contribution in [1.82, 2.24) is 60.0 Å². The van der Waals surface area contributed by atoms with Gasteiger partial charge in [-0.3, -0.25) is 57.5 Å². The largest absolute Gasteiger partial charge is 0.391 e. The lowest BCUT2D eigenvalue weighted by Gasteiger charge is -2.46. The topological polar surface area (TPSA) is 289 Å². The SMILES string of the molecule is CCO[C@@H]1C[C@H]2C(=O)NC3(CCC3)C(=O)N(C)[C@@H](C3CCCC3)C(=O)N(C)[C@H](C(=O)N(C)CC)CC(=O)N(C)[C@@H](CC3CCCC3)C(=O)N[C@@H]([C@@H](C)CC)C(=O)N(C)CC(=O)N(C)[C@H]3C/C=C\CCN(C3=O)[C@@H](CC3CCC(C(F)(F)F)CC3)C(=O)N(C)CC(=O)N[C@@H](CCC3CCC(C(C)(F)F)C(OC)C3)C(=O)N2C1. The van der Waals surface area contributed by atoms with Gasteiger partial charge in [0.1, 0.15) is 53.9 Å². The number of hydrogen-bond donors (Lipinski definition) is 3. The van der Waals surface area contributed by atoms with E-state index in [1.54, 1.807) is 32.9 Å². The molecule has 5 aliphatic carbocycles. The van der Waals surface area contributed by atoms with Crippen LogP contribution in [0.15, 0.2) is 12.2 Å². The van der Waals surface area contributed by atoms with Crippen molar-refractivity contribution in [2.45, 2.75) is 286 Å². The molecule has 5 saturated carbocycles. The minimum atomic E-state index is -4.46. The van der Waals surface area contributed by atoms with Gasteiger partial charge < -0.3 is 69.5 Å². The van der Waals surface area contributed by atoms with Crippen molar-refractivity contribution in [3.8, 4) is 0 Å². The van der Waals surface area contributed by atoms with E-state index in [1.807, 2.05) is 6.92 Å². The molecule has 8 aliphatic rings. The van der Waals surface area contributed by atoms with Crippen LogP contribution in [0.3, 0.4) is 0 Å². The fraction of sp³-hybridized carbons (Fsp3) is 0.825. The number of methoxy groups -OCH3 is 1. The zero-order valence-corrected chi connectivity index (χ0v) is 67.9. The molecule has 1 spiro atoms. The van der Waals surface area contributed by atoms with Crippen molar-refractivity contribution in [1.29, 1.82) is 0 Å². The highest BCUT2D eigenvalue weighted by atomic mass is 19.4. The summed E-state index contributed by atoms with van der Waals surface area (Å²) in [5, 5.41) is 8.86. The first-order valence-electron chi connectivity index (χ1n) is 41.0. The van der Waals surface area contributed by atoms with Gasteiger partial charge >= 0.3 is 6.18 Å². The van der Waals surface area contributed by atoms with E-state index in [4.69, 9.17) is 9.47 Å². The summed E-state index contributed by atoms with van der Waals surface area (Å²) in [4.78, 5) is 195. The zero-order valence-electron chi connectivity index (χ0n) is 67.9. The Bertz CT molecular complexity index is 3300. The zero-order chi connectivity index (χ0) is 81.7. The van der Waals surface area contributed by atoms with Crippen molar-refractivity contribution >= 4 is 70.9 Å². The summed E-state index contributed by atoms with van der Waals surface area (Å²) < 4.78 is 84.3. The number of amides is 12. The molecule has 3 heterocycles. The minimum Gasteiger partial charge on any atom is -0.381 e. The predicted octanol–water partition coefficient (Wildman–Crippen LogP) is 7.10. The number of nitrogens with zero attached hydrogens (tertiary/aromatic N) is 9. The number of carbonyl (C=O) groups is 12. The maximum Gasteiger partial charge on any atom is 0.391 e. The number of rotatable bonds is 16.